The molecular formula is C18H23N3O3. The Hall–Kier alpha value is -2.21. The third-order valence-corrected chi connectivity index (χ3v) is 4.78. The molecule has 2 heterocycles. The minimum atomic E-state index is -0.611. The van der Waals surface area contributed by atoms with Gasteiger partial charge in [-0.05, 0) is 24.5 Å². The highest BCUT2D eigenvalue weighted by atomic mass is 16.5. The minimum Gasteiger partial charge on any atom is -0.381 e. The summed E-state index contributed by atoms with van der Waals surface area (Å²) in [4.78, 5) is 17.0. The SMILES string of the molecule is CCc1ccc(C(C)C(=O)NC2(c3ncon3)CCOCC2)cc1. The van der Waals surface area contributed by atoms with Gasteiger partial charge in [0.05, 0.1) is 5.92 Å². The molecular weight excluding hydrogens is 306 g/mol. The van der Waals surface area contributed by atoms with Crippen molar-refractivity contribution >= 4 is 5.91 Å². The fourth-order valence-corrected chi connectivity index (χ4v) is 3.04. The van der Waals surface area contributed by atoms with Gasteiger partial charge in [0.15, 0.2) is 5.82 Å². The van der Waals surface area contributed by atoms with Crippen LogP contribution in [0.2, 0.25) is 0 Å². The van der Waals surface area contributed by atoms with Gasteiger partial charge in [0.2, 0.25) is 12.3 Å². The molecule has 128 valence electrons. The number of amides is 1. The van der Waals surface area contributed by atoms with Gasteiger partial charge in [0, 0.05) is 26.1 Å². The Balaban J connectivity index is 1.77. The Kier molecular flexibility index (Phi) is 4.94. The summed E-state index contributed by atoms with van der Waals surface area (Å²) in [6.45, 7) is 5.16. The lowest BCUT2D eigenvalue weighted by molar-refractivity contribution is -0.125. The number of carbonyl (C=O) groups is 1. The molecule has 1 saturated heterocycles. The van der Waals surface area contributed by atoms with E-state index < -0.39 is 5.54 Å². The molecule has 2 aromatic rings. The number of aromatic nitrogens is 2. The minimum absolute atomic E-state index is 0.0362. The van der Waals surface area contributed by atoms with Crippen LogP contribution in [0.4, 0.5) is 0 Å². The Morgan fingerprint density at radius 1 is 1.29 bits per heavy atom. The zero-order chi connectivity index (χ0) is 17.0. The Morgan fingerprint density at radius 3 is 2.58 bits per heavy atom. The number of carbonyl (C=O) groups excluding carboxylic acids is 1. The molecule has 1 aromatic heterocycles. The molecule has 0 bridgehead atoms. The second-order valence-electron chi connectivity index (χ2n) is 6.26. The Morgan fingerprint density at radius 2 is 2.00 bits per heavy atom. The van der Waals surface area contributed by atoms with E-state index in [1.165, 1.54) is 12.0 Å². The maximum absolute atomic E-state index is 12.8. The fraction of sp³-hybridized carbons (Fsp3) is 0.500. The zero-order valence-electron chi connectivity index (χ0n) is 14.1. The second-order valence-corrected chi connectivity index (χ2v) is 6.26. The van der Waals surface area contributed by atoms with Gasteiger partial charge in [0.25, 0.3) is 0 Å². The van der Waals surface area contributed by atoms with Gasteiger partial charge in [-0.25, -0.2) is 0 Å². The molecule has 3 rings (SSSR count). The molecule has 0 saturated carbocycles. The van der Waals surface area contributed by atoms with Gasteiger partial charge in [-0.1, -0.05) is 36.3 Å². The summed E-state index contributed by atoms with van der Waals surface area (Å²) >= 11 is 0. The van der Waals surface area contributed by atoms with E-state index in [1.54, 1.807) is 0 Å². The molecule has 1 aromatic carbocycles. The van der Waals surface area contributed by atoms with E-state index in [1.807, 2.05) is 19.1 Å². The predicted octanol–water partition coefficient (Wildman–Crippen LogP) is 2.56. The summed E-state index contributed by atoms with van der Waals surface area (Å²) < 4.78 is 10.3. The highest BCUT2D eigenvalue weighted by Crippen LogP contribution is 2.31. The van der Waals surface area contributed by atoms with Crippen LogP contribution in [-0.4, -0.2) is 29.3 Å². The standard InChI is InChI=1S/C18H23N3O3/c1-3-14-4-6-15(7-5-14)13(2)16(22)20-18(8-10-23-11-9-18)17-19-12-24-21-17/h4-7,12-13H,3,8-11H2,1-2H3,(H,20,22). The lowest BCUT2D eigenvalue weighted by Gasteiger charge is -2.36. The van der Waals surface area contributed by atoms with E-state index >= 15 is 0 Å². The first-order valence-electron chi connectivity index (χ1n) is 8.40. The van der Waals surface area contributed by atoms with Crippen LogP contribution in [-0.2, 0) is 21.5 Å². The Bertz CT molecular complexity index is 661. The smallest absolute Gasteiger partial charge is 0.228 e. The molecule has 1 amide bonds. The van der Waals surface area contributed by atoms with Crippen LogP contribution < -0.4 is 5.32 Å². The number of aryl methyl sites for hydroxylation is 1. The third kappa shape index (κ3) is 3.33. The summed E-state index contributed by atoms with van der Waals surface area (Å²) in [6.07, 6.45) is 3.56. The van der Waals surface area contributed by atoms with Crippen molar-refractivity contribution in [3.8, 4) is 0 Å². The highest BCUT2D eigenvalue weighted by Gasteiger charge is 2.40. The van der Waals surface area contributed by atoms with E-state index in [0.717, 1.165) is 12.0 Å². The van der Waals surface area contributed by atoms with Crippen LogP contribution in [0.15, 0.2) is 35.2 Å². The van der Waals surface area contributed by atoms with Crippen molar-refractivity contribution in [2.24, 2.45) is 0 Å². The van der Waals surface area contributed by atoms with Crippen LogP contribution >= 0.6 is 0 Å². The normalized spacial score (nSPS) is 18.1. The number of rotatable bonds is 5. The second kappa shape index (κ2) is 7.13. The zero-order valence-corrected chi connectivity index (χ0v) is 14.1. The molecule has 0 spiro atoms. The molecule has 1 unspecified atom stereocenters. The number of nitrogens with one attached hydrogen (secondary N) is 1. The lowest BCUT2D eigenvalue weighted by Crippen LogP contribution is -2.51. The van der Waals surface area contributed by atoms with Crippen LogP contribution in [0.5, 0.6) is 0 Å². The number of benzene rings is 1. The van der Waals surface area contributed by atoms with E-state index in [9.17, 15) is 4.79 Å². The van der Waals surface area contributed by atoms with E-state index in [4.69, 9.17) is 9.26 Å². The number of nitrogens with zero attached hydrogens (tertiary/aromatic N) is 2. The molecule has 1 aliphatic rings. The first kappa shape index (κ1) is 16.6. The van der Waals surface area contributed by atoms with Crippen molar-refractivity contribution in [1.82, 2.24) is 15.5 Å². The summed E-state index contributed by atoms with van der Waals surface area (Å²) in [7, 11) is 0. The summed E-state index contributed by atoms with van der Waals surface area (Å²) in [5.74, 6) is 0.237. The average Bonchev–Trinajstić information content (AvgIpc) is 3.17. The maximum Gasteiger partial charge on any atom is 0.228 e. The lowest BCUT2D eigenvalue weighted by atomic mass is 9.87. The van der Waals surface area contributed by atoms with Gasteiger partial charge in [-0.15, -0.1) is 0 Å². The van der Waals surface area contributed by atoms with Gasteiger partial charge >= 0.3 is 0 Å². The van der Waals surface area contributed by atoms with Crippen molar-refractivity contribution in [2.45, 2.75) is 44.6 Å². The number of ether oxygens (including phenoxy) is 1. The summed E-state index contributed by atoms with van der Waals surface area (Å²) in [5, 5.41) is 7.12. The number of hydrogen-bond acceptors (Lipinski definition) is 5. The first-order chi connectivity index (χ1) is 11.6. The Labute approximate surface area is 141 Å². The fourth-order valence-electron chi connectivity index (χ4n) is 3.04. The van der Waals surface area contributed by atoms with Gasteiger partial charge in [-0.2, -0.15) is 4.98 Å². The molecule has 24 heavy (non-hydrogen) atoms. The largest absolute Gasteiger partial charge is 0.381 e. The van der Waals surface area contributed by atoms with Crippen molar-refractivity contribution in [3.05, 3.63) is 47.6 Å². The molecule has 1 atom stereocenters. The molecule has 1 aliphatic heterocycles. The quantitative estimate of drug-likeness (QED) is 0.912. The van der Waals surface area contributed by atoms with Crippen molar-refractivity contribution < 1.29 is 14.1 Å². The summed E-state index contributed by atoms with van der Waals surface area (Å²) in [5.41, 5.74) is 1.65. The van der Waals surface area contributed by atoms with Gasteiger partial charge in [0.1, 0.15) is 5.54 Å². The van der Waals surface area contributed by atoms with E-state index in [-0.39, 0.29) is 11.8 Å². The highest BCUT2D eigenvalue weighted by molar-refractivity contribution is 5.84. The van der Waals surface area contributed by atoms with Crippen molar-refractivity contribution in [3.63, 3.8) is 0 Å². The van der Waals surface area contributed by atoms with Crippen LogP contribution in [0.1, 0.15) is 49.6 Å². The van der Waals surface area contributed by atoms with Gasteiger partial charge < -0.3 is 14.6 Å². The maximum atomic E-state index is 12.8. The molecule has 0 radical (unpaired) electrons. The van der Waals surface area contributed by atoms with Crippen LogP contribution in [0.25, 0.3) is 0 Å². The van der Waals surface area contributed by atoms with Gasteiger partial charge in [-0.3, -0.25) is 4.79 Å². The number of hydrogen-bond donors (Lipinski definition) is 1. The molecule has 6 heteroatoms. The van der Waals surface area contributed by atoms with Crippen molar-refractivity contribution in [1.29, 1.82) is 0 Å². The van der Waals surface area contributed by atoms with Crippen LogP contribution in [0.3, 0.4) is 0 Å². The first-order valence-corrected chi connectivity index (χ1v) is 8.40. The summed E-state index contributed by atoms with van der Waals surface area (Å²) in [6, 6.07) is 8.19. The molecule has 1 fully saturated rings. The monoisotopic (exact) mass is 329 g/mol. The topological polar surface area (TPSA) is 77.3 Å². The molecule has 0 aliphatic carbocycles. The molecule has 1 N–H and O–H groups in total. The molecule has 6 nitrogen and oxygen atoms in total. The average molecular weight is 329 g/mol. The van der Waals surface area contributed by atoms with E-state index in [2.05, 4.69) is 34.5 Å². The van der Waals surface area contributed by atoms with Crippen molar-refractivity contribution in [2.75, 3.05) is 13.2 Å². The third-order valence-electron chi connectivity index (χ3n) is 4.78. The van der Waals surface area contributed by atoms with Crippen LogP contribution in [0, 0.1) is 0 Å². The van der Waals surface area contributed by atoms with E-state index in [0.29, 0.717) is 31.9 Å². The predicted molar refractivity (Wildman–Crippen MR) is 88.4 cm³/mol.